The fraction of sp³-hybridized carbons (Fsp3) is 0.395. The standard InChI is InChI=1S/C38H38F3N3O4S/c1-22(42-32(45)29-19-44(38(14-15-38)34(40)41)33(46)28-13-16-49-31(28)29)23-5-7-24(8-6-23)30(25-9-11-27(39)12-10-25)26-17-37(18-26)20-43(21-37)35(47)48-36(2,3)4/h5-13,16,19,22,34H,14-15,17-18,20-21H2,1-4H3,(H,42,45)/t22-/m1/s1. The number of alkyl halides is 2. The molecule has 1 aliphatic heterocycles. The number of amides is 2. The average molecular weight is 690 g/mol. The van der Waals surface area contributed by atoms with Gasteiger partial charge in [0, 0.05) is 24.7 Å². The summed E-state index contributed by atoms with van der Waals surface area (Å²) in [5.41, 5.74) is 2.55. The molecule has 1 N–H and O–H groups in total. The minimum atomic E-state index is -2.71. The maximum absolute atomic E-state index is 14.0. The van der Waals surface area contributed by atoms with Crippen molar-refractivity contribution in [2.24, 2.45) is 5.41 Å². The Bertz CT molecular complexity index is 2020. The van der Waals surface area contributed by atoms with Gasteiger partial charge in [0.05, 0.1) is 21.7 Å². The van der Waals surface area contributed by atoms with Crippen molar-refractivity contribution in [1.29, 1.82) is 0 Å². The number of halogens is 3. The highest BCUT2D eigenvalue weighted by Crippen LogP contribution is 2.55. The smallest absolute Gasteiger partial charge is 0.410 e. The summed E-state index contributed by atoms with van der Waals surface area (Å²) in [6, 6.07) is 15.4. The topological polar surface area (TPSA) is 80.6 Å². The van der Waals surface area contributed by atoms with Crippen LogP contribution in [0.2, 0.25) is 0 Å². The van der Waals surface area contributed by atoms with Crippen LogP contribution in [0.3, 0.4) is 0 Å². The Morgan fingerprint density at radius 3 is 2.14 bits per heavy atom. The Kier molecular flexibility index (Phi) is 8.04. The highest BCUT2D eigenvalue weighted by molar-refractivity contribution is 7.17. The molecule has 0 unspecified atom stereocenters. The van der Waals surface area contributed by atoms with E-state index in [0.717, 1.165) is 39.7 Å². The summed E-state index contributed by atoms with van der Waals surface area (Å²) in [6.45, 7) is 8.68. The summed E-state index contributed by atoms with van der Waals surface area (Å²) in [5, 5.41) is 4.95. The first-order valence-electron chi connectivity index (χ1n) is 16.5. The lowest BCUT2D eigenvalue weighted by Crippen LogP contribution is -2.62. The fourth-order valence-electron chi connectivity index (χ4n) is 7.21. The van der Waals surface area contributed by atoms with Gasteiger partial charge in [-0.1, -0.05) is 42.0 Å². The van der Waals surface area contributed by atoms with Crippen LogP contribution in [0, 0.1) is 11.2 Å². The molecule has 2 aliphatic carbocycles. The molecular weight excluding hydrogens is 651 g/mol. The van der Waals surface area contributed by atoms with E-state index < -0.39 is 35.1 Å². The van der Waals surface area contributed by atoms with E-state index in [0.29, 0.717) is 17.8 Å². The molecule has 2 amide bonds. The molecule has 7 rings (SSSR count). The number of allylic oxidation sites excluding steroid dienone is 1. The van der Waals surface area contributed by atoms with E-state index in [1.807, 2.05) is 52.0 Å². The van der Waals surface area contributed by atoms with Gasteiger partial charge < -0.3 is 19.5 Å². The number of aromatic nitrogens is 1. The summed E-state index contributed by atoms with van der Waals surface area (Å²) in [4.78, 5) is 40.9. The molecule has 3 fully saturated rings. The number of rotatable bonds is 7. The molecule has 3 aliphatic rings. The molecule has 1 spiro atoms. The Hall–Kier alpha value is -4.38. The van der Waals surface area contributed by atoms with Crippen molar-refractivity contribution in [3.8, 4) is 0 Å². The number of hydrogen-bond acceptors (Lipinski definition) is 5. The Morgan fingerprint density at radius 2 is 1.57 bits per heavy atom. The number of pyridine rings is 1. The fourth-order valence-corrected chi connectivity index (χ4v) is 8.10. The molecule has 0 bridgehead atoms. The summed E-state index contributed by atoms with van der Waals surface area (Å²) in [7, 11) is 0. The summed E-state index contributed by atoms with van der Waals surface area (Å²) < 4.78 is 48.9. The number of thiophene rings is 1. The van der Waals surface area contributed by atoms with Crippen LogP contribution in [0.4, 0.5) is 18.0 Å². The first-order chi connectivity index (χ1) is 23.2. The Morgan fingerprint density at radius 1 is 0.959 bits per heavy atom. The van der Waals surface area contributed by atoms with Crippen LogP contribution in [0.15, 0.2) is 76.5 Å². The summed E-state index contributed by atoms with van der Waals surface area (Å²) >= 11 is 1.23. The number of ether oxygens (including phenoxy) is 1. The van der Waals surface area contributed by atoms with E-state index in [9.17, 15) is 27.6 Å². The van der Waals surface area contributed by atoms with Gasteiger partial charge in [-0.3, -0.25) is 9.59 Å². The lowest BCUT2D eigenvalue weighted by Gasteiger charge is -2.57. The van der Waals surface area contributed by atoms with Gasteiger partial charge in [-0.05, 0) is 99.2 Å². The molecule has 3 heterocycles. The lowest BCUT2D eigenvalue weighted by atomic mass is 9.59. The summed E-state index contributed by atoms with van der Waals surface area (Å²) in [6.07, 6.45) is 0.297. The van der Waals surface area contributed by atoms with Gasteiger partial charge >= 0.3 is 6.09 Å². The number of carbonyl (C=O) groups is 2. The van der Waals surface area contributed by atoms with Crippen LogP contribution < -0.4 is 10.9 Å². The van der Waals surface area contributed by atoms with Gasteiger partial charge in [0.2, 0.25) is 0 Å². The van der Waals surface area contributed by atoms with Crippen LogP contribution in [-0.4, -0.2) is 46.6 Å². The number of likely N-dealkylation sites (tertiary alicyclic amines) is 1. The van der Waals surface area contributed by atoms with E-state index in [1.165, 1.54) is 35.2 Å². The van der Waals surface area contributed by atoms with Crippen molar-refractivity contribution in [2.45, 2.75) is 77.0 Å². The molecule has 1 saturated heterocycles. The maximum Gasteiger partial charge on any atom is 0.410 e. The number of hydrogen-bond donors (Lipinski definition) is 1. The molecule has 7 nitrogen and oxygen atoms in total. The van der Waals surface area contributed by atoms with E-state index in [1.54, 1.807) is 28.5 Å². The largest absolute Gasteiger partial charge is 0.444 e. The SMILES string of the molecule is C[C@@H](NC(=O)c1cn(C2(C(F)F)CC2)c(=O)c2ccsc12)c1ccc(C(=C2CC3(C2)CN(C(=O)OC(C)(C)C)C3)c2ccc(F)cc2)cc1. The second kappa shape index (κ2) is 11.9. The lowest BCUT2D eigenvalue weighted by molar-refractivity contribution is -0.0500. The minimum absolute atomic E-state index is 0.0150. The molecule has 256 valence electrons. The van der Waals surface area contributed by atoms with E-state index in [-0.39, 0.29) is 41.1 Å². The molecule has 49 heavy (non-hydrogen) atoms. The summed E-state index contributed by atoms with van der Waals surface area (Å²) in [5.74, 6) is -0.764. The Labute approximate surface area is 286 Å². The third kappa shape index (κ3) is 6.06. The highest BCUT2D eigenvalue weighted by atomic mass is 32.1. The molecule has 1 atom stereocenters. The number of nitrogens with zero attached hydrogens (tertiary/aromatic N) is 2. The van der Waals surface area contributed by atoms with Crippen molar-refractivity contribution in [3.63, 3.8) is 0 Å². The van der Waals surface area contributed by atoms with E-state index >= 15 is 0 Å². The van der Waals surface area contributed by atoms with Crippen LogP contribution >= 0.6 is 11.3 Å². The number of carbonyl (C=O) groups excluding carboxylic acids is 2. The molecule has 2 saturated carbocycles. The average Bonchev–Trinajstić information content (AvgIpc) is 3.66. The van der Waals surface area contributed by atoms with Gasteiger partial charge in [-0.2, -0.15) is 0 Å². The number of nitrogens with one attached hydrogen (secondary N) is 1. The maximum atomic E-state index is 14.0. The highest BCUT2D eigenvalue weighted by Gasteiger charge is 2.54. The molecule has 0 radical (unpaired) electrons. The van der Waals surface area contributed by atoms with E-state index in [2.05, 4.69) is 5.32 Å². The van der Waals surface area contributed by atoms with Crippen LogP contribution in [0.5, 0.6) is 0 Å². The van der Waals surface area contributed by atoms with Crippen LogP contribution in [0.25, 0.3) is 15.7 Å². The minimum Gasteiger partial charge on any atom is -0.444 e. The molecule has 2 aromatic carbocycles. The van der Waals surface area contributed by atoms with Gasteiger partial charge in [0.15, 0.2) is 0 Å². The first-order valence-corrected chi connectivity index (χ1v) is 17.4. The zero-order valence-electron chi connectivity index (χ0n) is 27.8. The van der Waals surface area contributed by atoms with Gasteiger partial charge in [0.25, 0.3) is 17.9 Å². The molecule has 11 heteroatoms. The zero-order chi connectivity index (χ0) is 34.9. The van der Waals surface area contributed by atoms with Crippen molar-refractivity contribution >= 4 is 39.0 Å². The second-order valence-electron chi connectivity index (χ2n) is 14.8. The van der Waals surface area contributed by atoms with E-state index in [4.69, 9.17) is 4.74 Å². The number of benzene rings is 2. The van der Waals surface area contributed by atoms with Crippen molar-refractivity contribution < 1.29 is 27.5 Å². The molecule has 2 aromatic heterocycles. The Balaban J connectivity index is 1.10. The van der Waals surface area contributed by atoms with Gasteiger partial charge in [-0.15, -0.1) is 11.3 Å². The van der Waals surface area contributed by atoms with Gasteiger partial charge in [-0.25, -0.2) is 18.0 Å². The van der Waals surface area contributed by atoms with Crippen molar-refractivity contribution in [3.05, 3.63) is 110 Å². The van der Waals surface area contributed by atoms with Crippen molar-refractivity contribution in [2.75, 3.05) is 13.1 Å². The number of fused-ring (bicyclic) bond motifs is 1. The van der Waals surface area contributed by atoms with Gasteiger partial charge in [0.1, 0.15) is 17.0 Å². The predicted molar refractivity (Wildman–Crippen MR) is 184 cm³/mol. The first kappa shape index (κ1) is 33.1. The zero-order valence-corrected chi connectivity index (χ0v) is 28.6. The third-order valence-electron chi connectivity index (χ3n) is 9.92. The predicted octanol–water partition coefficient (Wildman–Crippen LogP) is 8.28. The molecule has 4 aromatic rings. The quantitative estimate of drug-likeness (QED) is 0.212. The normalized spacial score (nSPS) is 18.2. The monoisotopic (exact) mass is 689 g/mol. The van der Waals surface area contributed by atoms with Crippen molar-refractivity contribution in [1.82, 2.24) is 14.8 Å². The molecular formula is C38H38F3N3O4S. The van der Waals surface area contributed by atoms with Crippen LogP contribution in [-0.2, 0) is 10.3 Å². The third-order valence-corrected chi connectivity index (χ3v) is 10.9. The second-order valence-corrected chi connectivity index (χ2v) is 15.7. The van der Waals surface area contributed by atoms with Crippen LogP contribution in [0.1, 0.15) is 86.5 Å².